The second-order valence-corrected chi connectivity index (χ2v) is 8.83. The largest absolute Gasteiger partial charge is 0.483 e. The van der Waals surface area contributed by atoms with Crippen LogP contribution in [0.15, 0.2) is 48.3 Å². The molecular formula is C22H23Cl2N5O2S. The number of amides is 1. The minimum absolute atomic E-state index is 0.143. The van der Waals surface area contributed by atoms with Crippen LogP contribution in [0.5, 0.6) is 5.75 Å². The molecule has 32 heavy (non-hydrogen) atoms. The summed E-state index contributed by atoms with van der Waals surface area (Å²) in [5, 5.41) is 13.1. The molecule has 0 bridgehead atoms. The lowest BCUT2D eigenvalue weighted by molar-refractivity contribution is -0.113. The Balaban J connectivity index is 1.69. The van der Waals surface area contributed by atoms with E-state index >= 15 is 0 Å². The summed E-state index contributed by atoms with van der Waals surface area (Å²) in [7, 11) is 0. The van der Waals surface area contributed by atoms with E-state index < -0.39 is 0 Å². The number of anilines is 1. The Bertz CT molecular complexity index is 1100. The van der Waals surface area contributed by atoms with Gasteiger partial charge in [-0.3, -0.25) is 9.36 Å². The van der Waals surface area contributed by atoms with Crippen LogP contribution in [0.4, 0.5) is 5.82 Å². The molecule has 10 heteroatoms. The van der Waals surface area contributed by atoms with Crippen molar-refractivity contribution in [2.75, 3.05) is 11.1 Å². The number of carbonyl (C=O) groups is 1. The number of benzene rings is 1. The van der Waals surface area contributed by atoms with Crippen LogP contribution in [0, 0.1) is 13.8 Å². The van der Waals surface area contributed by atoms with Crippen molar-refractivity contribution < 1.29 is 9.53 Å². The molecule has 1 aromatic carbocycles. The highest BCUT2D eigenvalue weighted by Crippen LogP contribution is 2.29. The van der Waals surface area contributed by atoms with E-state index in [0.717, 1.165) is 16.1 Å². The number of carbonyl (C=O) groups excluding carboxylic acids is 1. The Labute approximate surface area is 201 Å². The molecule has 168 valence electrons. The fraction of sp³-hybridized carbons (Fsp3) is 0.273. The van der Waals surface area contributed by atoms with Crippen molar-refractivity contribution in [2.24, 2.45) is 0 Å². The van der Waals surface area contributed by atoms with Gasteiger partial charge in [0, 0.05) is 17.8 Å². The average Bonchev–Trinajstić information content (AvgIpc) is 3.15. The van der Waals surface area contributed by atoms with Crippen molar-refractivity contribution in [1.29, 1.82) is 0 Å². The van der Waals surface area contributed by atoms with Crippen LogP contribution >= 0.6 is 35.0 Å². The second-order valence-electron chi connectivity index (χ2n) is 7.07. The maximum Gasteiger partial charge on any atom is 0.236 e. The van der Waals surface area contributed by atoms with Gasteiger partial charge in [-0.25, -0.2) is 4.98 Å². The zero-order valence-corrected chi connectivity index (χ0v) is 20.3. The van der Waals surface area contributed by atoms with Crippen LogP contribution in [0.1, 0.15) is 30.0 Å². The van der Waals surface area contributed by atoms with E-state index in [4.69, 9.17) is 27.9 Å². The van der Waals surface area contributed by atoms with Crippen molar-refractivity contribution >= 4 is 46.7 Å². The van der Waals surface area contributed by atoms with Gasteiger partial charge in [-0.1, -0.05) is 41.0 Å². The van der Waals surface area contributed by atoms with E-state index in [2.05, 4.69) is 27.1 Å². The normalized spacial score (nSPS) is 11.8. The van der Waals surface area contributed by atoms with Gasteiger partial charge in [0.15, 0.2) is 17.1 Å². The Hall–Kier alpha value is -2.55. The Morgan fingerprint density at radius 2 is 2.00 bits per heavy atom. The average molecular weight is 492 g/mol. The predicted octanol–water partition coefficient (Wildman–Crippen LogP) is 5.65. The van der Waals surface area contributed by atoms with Crippen LogP contribution in [0.3, 0.4) is 0 Å². The Morgan fingerprint density at radius 3 is 2.62 bits per heavy atom. The van der Waals surface area contributed by atoms with Gasteiger partial charge in [0.1, 0.15) is 11.6 Å². The molecule has 0 spiro atoms. The van der Waals surface area contributed by atoms with Crippen molar-refractivity contribution in [3.8, 4) is 5.75 Å². The molecule has 0 aliphatic heterocycles. The van der Waals surface area contributed by atoms with E-state index in [-0.39, 0.29) is 17.8 Å². The van der Waals surface area contributed by atoms with Gasteiger partial charge in [0.2, 0.25) is 5.91 Å². The van der Waals surface area contributed by atoms with Crippen LogP contribution in [0.2, 0.25) is 10.0 Å². The summed E-state index contributed by atoms with van der Waals surface area (Å²) in [4.78, 5) is 16.4. The molecule has 0 aliphatic rings. The maximum atomic E-state index is 12.3. The van der Waals surface area contributed by atoms with E-state index in [9.17, 15) is 4.79 Å². The van der Waals surface area contributed by atoms with E-state index in [1.165, 1.54) is 18.0 Å². The lowest BCUT2D eigenvalue weighted by atomic mass is 10.1. The molecule has 2 heterocycles. The second kappa shape index (κ2) is 10.8. The van der Waals surface area contributed by atoms with Crippen molar-refractivity contribution in [3.63, 3.8) is 0 Å². The number of aromatic nitrogens is 4. The maximum absolute atomic E-state index is 12.3. The number of hydrogen-bond acceptors (Lipinski definition) is 6. The number of rotatable bonds is 9. The van der Waals surface area contributed by atoms with Gasteiger partial charge < -0.3 is 10.1 Å². The van der Waals surface area contributed by atoms with Crippen LogP contribution in [0.25, 0.3) is 0 Å². The number of nitrogens with zero attached hydrogens (tertiary/aromatic N) is 4. The molecule has 2 aromatic heterocycles. The van der Waals surface area contributed by atoms with Gasteiger partial charge >= 0.3 is 0 Å². The summed E-state index contributed by atoms with van der Waals surface area (Å²) in [5.41, 5.74) is 1.89. The molecule has 7 nitrogen and oxygen atoms in total. The third-order valence-corrected chi connectivity index (χ3v) is 6.26. The molecule has 0 saturated carbocycles. The molecule has 0 aliphatic carbocycles. The third kappa shape index (κ3) is 6.03. The minimum Gasteiger partial charge on any atom is -0.483 e. The number of allylic oxidation sites excluding steroid dienone is 1. The quantitative estimate of drug-likeness (QED) is 0.307. The fourth-order valence-corrected chi connectivity index (χ4v) is 3.97. The smallest absolute Gasteiger partial charge is 0.236 e. The summed E-state index contributed by atoms with van der Waals surface area (Å²) in [6.07, 6.45) is 2.85. The molecule has 1 unspecified atom stereocenters. The number of aryl methyl sites for hydroxylation is 2. The van der Waals surface area contributed by atoms with Crippen LogP contribution in [-0.2, 0) is 11.3 Å². The summed E-state index contributed by atoms with van der Waals surface area (Å²) in [5.74, 6) is 1.70. The number of ether oxygens (including phenoxy) is 1. The number of hydrogen-bond donors (Lipinski definition) is 1. The van der Waals surface area contributed by atoms with Crippen molar-refractivity contribution in [3.05, 3.63) is 70.1 Å². The summed E-state index contributed by atoms with van der Waals surface area (Å²) in [6, 6.07) is 7.09. The Kier molecular flexibility index (Phi) is 8.17. The lowest BCUT2D eigenvalue weighted by Gasteiger charge is -2.17. The van der Waals surface area contributed by atoms with E-state index in [1.807, 2.05) is 37.5 Å². The van der Waals surface area contributed by atoms with Gasteiger partial charge in [-0.15, -0.1) is 16.8 Å². The number of nitrogens with one attached hydrogen (secondary N) is 1. The van der Waals surface area contributed by atoms with Gasteiger partial charge in [0.05, 0.1) is 10.8 Å². The molecule has 0 radical (unpaired) electrons. The summed E-state index contributed by atoms with van der Waals surface area (Å²) in [6.45, 7) is 10.1. The minimum atomic E-state index is -0.371. The SMILES string of the molecule is C=CCn1c(SCC(=O)Nc2ccc(Cl)cn2)nnc1C(C)Oc1cc(C)c(Cl)c(C)c1. The molecule has 1 amide bonds. The first-order valence-corrected chi connectivity index (χ1v) is 11.5. The fourth-order valence-electron chi connectivity index (χ4n) is 3.00. The van der Waals surface area contributed by atoms with Gasteiger partial charge in [-0.05, 0) is 56.2 Å². The first kappa shape index (κ1) is 24.1. The van der Waals surface area contributed by atoms with Gasteiger partial charge in [0.25, 0.3) is 0 Å². The standard InChI is InChI=1S/C22H23Cl2N5O2S/c1-5-8-29-21(15(4)31-17-9-13(2)20(24)14(3)10-17)27-28-22(29)32-12-19(30)26-18-7-6-16(23)11-25-18/h5-7,9-11,15H,1,8,12H2,2-4H3,(H,25,26,30). The van der Waals surface area contributed by atoms with E-state index in [1.54, 1.807) is 18.2 Å². The monoisotopic (exact) mass is 491 g/mol. The highest BCUT2D eigenvalue weighted by Gasteiger charge is 2.20. The first-order valence-electron chi connectivity index (χ1n) is 9.80. The number of pyridine rings is 1. The summed E-state index contributed by atoms with van der Waals surface area (Å²) >= 11 is 13.3. The molecule has 0 saturated heterocycles. The zero-order valence-electron chi connectivity index (χ0n) is 17.9. The Morgan fingerprint density at radius 1 is 1.28 bits per heavy atom. The molecule has 0 fully saturated rings. The van der Waals surface area contributed by atoms with Gasteiger partial charge in [-0.2, -0.15) is 0 Å². The van der Waals surface area contributed by atoms with E-state index in [0.29, 0.717) is 34.1 Å². The lowest BCUT2D eigenvalue weighted by Crippen LogP contribution is -2.16. The number of halogens is 2. The van der Waals surface area contributed by atoms with Crippen molar-refractivity contribution in [2.45, 2.75) is 38.6 Å². The number of thioether (sulfide) groups is 1. The summed E-state index contributed by atoms with van der Waals surface area (Å²) < 4.78 is 7.99. The molecular weight excluding hydrogens is 469 g/mol. The third-order valence-electron chi connectivity index (χ3n) is 4.47. The van der Waals surface area contributed by atoms with Crippen molar-refractivity contribution in [1.82, 2.24) is 19.7 Å². The molecule has 3 rings (SSSR count). The molecule has 3 aromatic rings. The highest BCUT2D eigenvalue weighted by molar-refractivity contribution is 7.99. The predicted molar refractivity (Wildman–Crippen MR) is 129 cm³/mol. The highest BCUT2D eigenvalue weighted by atomic mass is 35.5. The molecule has 1 N–H and O–H groups in total. The first-order chi connectivity index (χ1) is 15.3. The topological polar surface area (TPSA) is 81.9 Å². The molecule has 1 atom stereocenters. The van der Waals surface area contributed by atoms with Crippen LogP contribution < -0.4 is 10.1 Å². The van der Waals surface area contributed by atoms with Crippen LogP contribution in [-0.4, -0.2) is 31.4 Å². The zero-order chi connectivity index (χ0) is 23.3.